The normalized spacial score (nSPS) is 32.3. The van der Waals surface area contributed by atoms with Gasteiger partial charge in [-0.25, -0.2) is 0 Å². The van der Waals surface area contributed by atoms with E-state index >= 15 is 0 Å². The minimum Gasteiger partial charge on any atom is -0.389 e. The Hall–Kier alpha value is -0.0231. The Labute approximate surface area is 95.1 Å². The Morgan fingerprint density at radius 2 is 1.93 bits per heavy atom. The first-order valence-corrected chi connectivity index (χ1v) is 8.67. The van der Waals surface area contributed by atoms with Crippen LogP contribution in [-0.2, 0) is 9.20 Å². The molecule has 2 aliphatic rings. The van der Waals surface area contributed by atoms with Crippen molar-refractivity contribution >= 4 is 8.68 Å². The molecule has 15 heavy (non-hydrogen) atoms. The van der Waals surface area contributed by atoms with E-state index in [0.29, 0.717) is 12.2 Å². The SMILES string of the molecule is CCCCC1CCC2OC2C1.C[Si](C)=O. The average molecular weight is 228 g/mol. The Bertz CT molecular complexity index is 202. The van der Waals surface area contributed by atoms with Gasteiger partial charge in [0.15, 0.2) is 0 Å². The summed E-state index contributed by atoms with van der Waals surface area (Å²) in [4.78, 5) is 0. The Morgan fingerprint density at radius 1 is 1.27 bits per heavy atom. The van der Waals surface area contributed by atoms with Crippen LogP contribution >= 0.6 is 0 Å². The van der Waals surface area contributed by atoms with E-state index in [9.17, 15) is 4.46 Å². The second-order valence-corrected chi connectivity index (χ2v) is 6.76. The van der Waals surface area contributed by atoms with Crippen molar-refractivity contribution in [2.24, 2.45) is 5.92 Å². The maximum atomic E-state index is 9.63. The molecule has 1 aliphatic carbocycles. The third-order valence-corrected chi connectivity index (χ3v) is 3.08. The van der Waals surface area contributed by atoms with Crippen LogP contribution in [0.5, 0.6) is 0 Å². The van der Waals surface area contributed by atoms with Crippen LogP contribution in [0.4, 0.5) is 0 Å². The predicted octanol–water partition coefficient (Wildman–Crippen LogP) is 3.41. The van der Waals surface area contributed by atoms with Gasteiger partial charge in [-0.05, 0) is 38.3 Å². The molecule has 2 fully saturated rings. The quantitative estimate of drug-likeness (QED) is 0.547. The summed E-state index contributed by atoms with van der Waals surface area (Å²) in [5.74, 6) is 0.999. The summed E-state index contributed by atoms with van der Waals surface area (Å²) in [5.41, 5.74) is 0. The molecule has 0 aromatic rings. The molecule has 0 bridgehead atoms. The number of ether oxygens (including phenoxy) is 1. The van der Waals surface area contributed by atoms with E-state index < -0.39 is 8.68 Å². The third-order valence-electron chi connectivity index (χ3n) is 3.08. The maximum Gasteiger partial charge on any atom is 0.270 e. The number of hydrogen-bond donors (Lipinski definition) is 0. The number of fused-ring (bicyclic) bond motifs is 1. The first-order valence-electron chi connectivity index (χ1n) is 6.26. The minimum atomic E-state index is -1.13. The van der Waals surface area contributed by atoms with E-state index in [2.05, 4.69) is 6.92 Å². The third kappa shape index (κ3) is 5.57. The second-order valence-electron chi connectivity index (χ2n) is 4.94. The zero-order valence-corrected chi connectivity index (χ0v) is 11.3. The molecular weight excluding hydrogens is 204 g/mol. The van der Waals surface area contributed by atoms with Gasteiger partial charge < -0.3 is 9.20 Å². The fraction of sp³-hybridized carbons (Fsp3) is 1.00. The van der Waals surface area contributed by atoms with Crippen molar-refractivity contribution in [2.75, 3.05) is 0 Å². The van der Waals surface area contributed by atoms with Crippen LogP contribution in [0.15, 0.2) is 0 Å². The van der Waals surface area contributed by atoms with Crippen molar-refractivity contribution < 1.29 is 9.20 Å². The van der Waals surface area contributed by atoms with E-state index in [1.54, 1.807) is 13.1 Å². The lowest BCUT2D eigenvalue weighted by Crippen LogP contribution is -2.12. The highest BCUT2D eigenvalue weighted by Gasteiger charge is 2.43. The standard InChI is InChI=1S/C10H18O.C2H6OSi/c1-2-3-4-8-5-6-9-10(7-8)11-9;1-4(2)3/h8-10H,2-7H2,1H3;1-2H3. The van der Waals surface area contributed by atoms with Gasteiger partial charge in [-0.1, -0.05) is 26.2 Å². The molecule has 2 nitrogen and oxygen atoms in total. The molecule has 1 saturated carbocycles. The van der Waals surface area contributed by atoms with E-state index in [1.807, 2.05) is 0 Å². The molecule has 3 atom stereocenters. The minimum absolute atomic E-state index is 0.686. The molecule has 88 valence electrons. The summed E-state index contributed by atoms with van der Waals surface area (Å²) >= 11 is 0. The molecule has 0 aromatic heterocycles. The van der Waals surface area contributed by atoms with Crippen LogP contribution < -0.4 is 0 Å². The van der Waals surface area contributed by atoms with Gasteiger partial charge in [0.05, 0.1) is 12.2 Å². The number of unbranched alkanes of at least 4 members (excludes halogenated alkanes) is 1. The second kappa shape index (κ2) is 6.54. The van der Waals surface area contributed by atoms with Crippen LogP contribution in [0.2, 0.25) is 13.1 Å². The van der Waals surface area contributed by atoms with E-state index in [-0.39, 0.29) is 0 Å². The van der Waals surface area contributed by atoms with Gasteiger partial charge in [0.25, 0.3) is 8.68 Å². The van der Waals surface area contributed by atoms with Gasteiger partial charge in [0, 0.05) is 0 Å². The predicted molar refractivity (Wildman–Crippen MR) is 63.7 cm³/mol. The molecule has 2 rings (SSSR count). The highest BCUT2D eigenvalue weighted by atomic mass is 28.2. The van der Waals surface area contributed by atoms with Crippen molar-refractivity contribution in [3.63, 3.8) is 0 Å². The Morgan fingerprint density at radius 3 is 2.47 bits per heavy atom. The van der Waals surface area contributed by atoms with Crippen LogP contribution in [-0.4, -0.2) is 20.9 Å². The van der Waals surface area contributed by atoms with Gasteiger partial charge in [-0.2, -0.15) is 0 Å². The summed E-state index contributed by atoms with van der Waals surface area (Å²) in [5, 5.41) is 0. The highest BCUT2D eigenvalue weighted by molar-refractivity contribution is 6.38. The lowest BCUT2D eigenvalue weighted by molar-refractivity contribution is 0.346. The van der Waals surface area contributed by atoms with Gasteiger partial charge in [-0.15, -0.1) is 0 Å². The molecule has 3 unspecified atom stereocenters. The van der Waals surface area contributed by atoms with Gasteiger partial charge in [-0.3, -0.25) is 0 Å². The van der Waals surface area contributed by atoms with Gasteiger partial charge in [0.2, 0.25) is 0 Å². The summed E-state index contributed by atoms with van der Waals surface area (Å²) in [6.45, 7) is 5.70. The fourth-order valence-electron chi connectivity index (χ4n) is 2.24. The van der Waals surface area contributed by atoms with Crippen molar-refractivity contribution in [3.05, 3.63) is 0 Å². The molecule has 0 radical (unpaired) electrons. The molecule has 0 aromatic carbocycles. The molecule has 1 heterocycles. The van der Waals surface area contributed by atoms with E-state index in [0.717, 1.165) is 5.92 Å². The Kier molecular flexibility index (Phi) is 5.68. The largest absolute Gasteiger partial charge is 0.389 e. The molecule has 3 heteroatoms. The summed E-state index contributed by atoms with van der Waals surface area (Å²) in [6.07, 6.45) is 9.74. The maximum absolute atomic E-state index is 9.63. The summed E-state index contributed by atoms with van der Waals surface area (Å²) in [6, 6.07) is 0. The lowest BCUT2D eigenvalue weighted by Gasteiger charge is -2.17. The van der Waals surface area contributed by atoms with E-state index in [4.69, 9.17) is 4.74 Å². The lowest BCUT2D eigenvalue weighted by atomic mass is 9.86. The van der Waals surface area contributed by atoms with Gasteiger partial charge >= 0.3 is 0 Å². The molecule has 0 amide bonds. The zero-order valence-electron chi connectivity index (χ0n) is 10.3. The highest BCUT2D eigenvalue weighted by Crippen LogP contribution is 2.40. The average Bonchev–Trinajstić information content (AvgIpc) is 2.91. The summed E-state index contributed by atoms with van der Waals surface area (Å²) < 4.78 is 15.1. The van der Waals surface area contributed by atoms with Crippen LogP contribution in [0.3, 0.4) is 0 Å². The Balaban J connectivity index is 0.000000245. The zero-order chi connectivity index (χ0) is 11.3. The van der Waals surface area contributed by atoms with Crippen molar-refractivity contribution in [1.82, 2.24) is 0 Å². The molecule has 1 saturated heterocycles. The van der Waals surface area contributed by atoms with E-state index in [1.165, 1.54) is 38.5 Å². The van der Waals surface area contributed by atoms with Crippen molar-refractivity contribution in [3.8, 4) is 0 Å². The molecular formula is C12H24O2Si. The van der Waals surface area contributed by atoms with Crippen LogP contribution in [0.1, 0.15) is 45.4 Å². The number of epoxide rings is 1. The fourth-order valence-corrected chi connectivity index (χ4v) is 2.24. The van der Waals surface area contributed by atoms with Crippen molar-refractivity contribution in [1.29, 1.82) is 0 Å². The van der Waals surface area contributed by atoms with Crippen LogP contribution in [0, 0.1) is 5.92 Å². The van der Waals surface area contributed by atoms with Crippen LogP contribution in [0.25, 0.3) is 0 Å². The first kappa shape index (κ1) is 13.0. The first-order chi connectivity index (χ1) is 7.13. The summed E-state index contributed by atoms with van der Waals surface area (Å²) in [7, 11) is -1.13. The molecule has 1 aliphatic heterocycles. The molecule has 0 spiro atoms. The van der Waals surface area contributed by atoms with Crippen molar-refractivity contribution in [2.45, 2.75) is 70.8 Å². The number of rotatable bonds is 3. The topological polar surface area (TPSA) is 29.6 Å². The molecule has 0 N–H and O–H groups in total. The monoisotopic (exact) mass is 228 g/mol. The van der Waals surface area contributed by atoms with Gasteiger partial charge in [0.1, 0.15) is 0 Å². The number of hydrogen-bond acceptors (Lipinski definition) is 2. The smallest absolute Gasteiger partial charge is 0.270 e.